The van der Waals surface area contributed by atoms with E-state index in [1.54, 1.807) is 23.6 Å². The number of pyridine rings is 1. The SMILES string of the molecule is CN(C)c1ncc(CN2CCC(c3csc(Nc4ccc(C#N)nc4)n3)CC2)cn1. The van der Waals surface area contributed by atoms with Crippen LogP contribution in [0.5, 0.6) is 0 Å². The fourth-order valence-corrected chi connectivity index (χ4v) is 4.31. The molecule has 154 valence electrons. The molecular weight excluding hydrogens is 396 g/mol. The van der Waals surface area contributed by atoms with Crippen molar-refractivity contribution in [3.63, 3.8) is 0 Å². The fraction of sp³-hybridized carbons (Fsp3) is 0.381. The van der Waals surface area contributed by atoms with Gasteiger partial charge in [-0.2, -0.15) is 5.26 Å². The highest BCUT2D eigenvalue weighted by Crippen LogP contribution is 2.31. The van der Waals surface area contributed by atoms with Crippen LogP contribution in [0, 0.1) is 11.3 Å². The Labute approximate surface area is 180 Å². The Hall–Kier alpha value is -3.09. The highest BCUT2D eigenvalue weighted by Gasteiger charge is 2.23. The molecule has 1 saturated heterocycles. The predicted octanol–water partition coefficient (Wildman–Crippen LogP) is 3.39. The Balaban J connectivity index is 1.29. The van der Waals surface area contributed by atoms with Gasteiger partial charge < -0.3 is 10.2 Å². The van der Waals surface area contributed by atoms with Crippen LogP contribution in [0.2, 0.25) is 0 Å². The van der Waals surface area contributed by atoms with Gasteiger partial charge in [0, 0.05) is 49.9 Å². The molecule has 0 spiro atoms. The number of piperidine rings is 1. The predicted molar refractivity (Wildman–Crippen MR) is 118 cm³/mol. The lowest BCUT2D eigenvalue weighted by molar-refractivity contribution is 0.203. The average Bonchev–Trinajstić information content (AvgIpc) is 3.24. The van der Waals surface area contributed by atoms with Gasteiger partial charge in [0.1, 0.15) is 11.8 Å². The molecule has 1 aliphatic heterocycles. The molecular formula is C21H24N8S. The Kier molecular flexibility index (Phi) is 6.16. The van der Waals surface area contributed by atoms with E-state index < -0.39 is 0 Å². The minimum atomic E-state index is 0.410. The molecule has 0 unspecified atom stereocenters. The van der Waals surface area contributed by atoms with Crippen LogP contribution < -0.4 is 10.2 Å². The molecule has 9 heteroatoms. The second-order valence-corrected chi connectivity index (χ2v) is 8.44. The number of hydrogen-bond acceptors (Lipinski definition) is 9. The maximum absolute atomic E-state index is 8.84. The largest absolute Gasteiger partial charge is 0.347 e. The summed E-state index contributed by atoms with van der Waals surface area (Å²) < 4.78 is 0. The number of hydrogen-bond donors (Lipinski definition) is 1. The molecule has 0 bridgehead atoms. The first kappa shape index (κ1) is 20.2. The van der Waals surface area contributed by atoms with E-state index in [0.29, 0.717) is 11.6 Å². The standard InChI is InChI=1S/C21H24N8S/c1-28(2)20-24-10-15(11-25-20)13-29-7-5-16(6-8-29)19-14-30-21(27-19)26-18-4-3-17(9-22)23-12-18/h3-4,10-12,14,16H,5-8,13H2,1-2H3,(H,26,27). The summed E-state index contributed by atoms with van der Waals surface area (Å²) in [5.74, 6) is 1.22. The second kappa shape index (κ2) is 9.15. The van der Waals surface area contributed by atoms with Crippen LogP contribution >= 0.6 is 11.3 Å². The normalized spacial score (nSPS) is 15.0. The van der Waals surface area contributed by atoms with Crippen LogP contribution in [0.15, 0.2) is 36.1 Å². The third-order valence-electron chi connectivity index (χ3n) is 5.15. The first-order valence-electron chi connectivity index (χ1n) is 9.90. The number of nitrogens with zero attached hydrogens (tertiary/aromatic N) is 7. The average molecular weight is 421 g/mol. The zero-order valence-corrected chi connectivity index (χ0v) is 17.9. The Morgan fingerprint density at radius 3 is 2.57 bits per heavy atom. The van der Waals surface area contributed by atoms with E-state index in [0.717, 1.165) is 60.5 Å². The zero-order chi connectivity index (χ0) is 20.9. The summed E-state index contributed by atoms with van der Waals surface area (Å²) in [5.41, 5.74) is 3.55. The van der Waals surface area contributed by atoms with Crippen molar-refractivity contribution < 1.29 is 0 Å². The van der Waals surface area contributed by atoms with Crippen molar-refractivity contribution in [3.8, 4) is 6.07 Å². The molecule has 30 heavy (non-hydrogen) atoms. The smallest absolute Gasteiger partial charge is 0.224 e. The van der Waals surface area contributed by atoms with Crippen molar-refractivity contribution in [1.82, 2.24) is 24.8 Å². The Bertz CT molecular complexity index is 999. The molecule has 0 aromatic carbocycles. The molecule has 0 amide bonds. The van der Waals surface area contributed by atoms with E-state index >= 15 is 0 Å². The van der Waals surface area contributed by atoms with Crippen molar-refractivity contribution in [2.45, 2.75) is 25.3 Å². The van der Waals surface area contributed by atoms with Gasteiger partial charge in [-0.3, -0.25) is 4.90 Å². The monoisotopic (exact) mass is 420 g/mol. The third kappa shape index (κ3) is 4.90. The summed E-state index contributed by atoms with van der Waals surface area (Å²) in [6, 6.07) is 5.57. The van der Waals surface area contributed by atoms with E-state index in [9.17, 15) is 0 Å². The van der Waals surface area contributed by atoms with Gasteiger partial charge in [-0.1, -0.05) is 0 Å². The quantitative estimate of drug-likeness (QED) is 0.649. The van der Waals surface area contributed by atoms with Crippen molar-refractivity contribution in [2.24, 2.45) is 0 Å². The number of likely N-dealkylation sites (tertiary alicyclic amines) is 1. The van der Waals surface area contributed by atoms with Crippen molar-refractivity contribution in [1.29, 1.82) is 5.26 Å². The molecule has 3 aromatic heterocycles. The second-order valence-electron chi connectivity index (χ2n) is 7.58. The van der Waals surface area contributed by atoms with Crippen molar-refractivity contribution in [3.05, 3.63) is 53.1 Å². The van der Waals surface area contributed by atoms with Crippen LogP contribution in [0.1, 0.15) is 35.7 Å². The number of rotatable bonds is 6. The number of nitriles is 1. The van der Waals surface area contributed by atoms with Gasteiger partial charge in [-0.25, -0.2) is 19.9 Å². The topological polar surface area (TPSA) is 93.9 Å². The van der Waals surface area contributed by atoms with E-state index in [2.05, 4.69) is 30.5 Å². The molecule has 8 nitrogen and oxygen atoms in total. The van der Waals surface area contributed by atoms with Crippen LogP contribution in [0.3, 0.4) is 0 Å². The molecule has 0 atom stereocenters. The Morgan fingerprint density at radius 2 is 1.93 bits per heavy atom. The van der Waals surface area contributed by atoms with Crippen LogP contribution in [-0.4, -0.2) is 52.0 Å². The zero-order valence-electron chi connectivity index (χ0n) is 17.1. The molecule has 3 aromatic rings. The van der Waals surface area contributed by atoms with Crippen molar-refractivity contribution in [2.75, 3.05) is 37.4 Å². The van der Waals surface area contributed by atoms with Gasteiger partial charge in [0.15, 0.2) is 5.13 Å². The van der Waals surface area contributed by atoms with Gasteiger partial charge in [0.05, 0.1) is 17.6 Å². The minimum Gasteiger partial charge on any atom is -0.347 e. The molecule has 1 fully saturated rings. The minimum absolute atomic E-state index is 0.410. The molecule has 0 aliphatic carbocycles. The molecule has 0 saturated carbocycles. The summed E-state index contributed by atoms with van der Waals surface area (Å²) in [6.07, 6.45) is 7.69. The van der Waals surface area contributed by atoms with Crippen LogP contribution in [-0.2, 0) is 6.54 Å². The summed E-state index contributed by atoms with van der Waals surface area (Å²) >= 11 is 1.61. The van der Waals surface area contributed by atoms with Gasteiger partial charge in [0.25, 0.3) is 0 Å². The summed E-state index contributed by atoms with van der Waals surface area (Å²) in [7, 11) is 3.89. The molecule has 4 rings (SSSR count). The number of nitrogens with one attached hydrogen (secondary N) is 1. The third-order valence-corrected chi connectivity index (χ3v) is 5.93. The van der Waals surface area contributed by atoms with Crippen LogP contribution in [0.4, 0.5) is 16.8 Å². The lowest BCUT2D eigenvalue weighted by Crippen LogP contribution is -2.32. The van der Waals surface area contributed by atoms with E-state index in [1.807, 2.05) is 43.5 Å². The summed E-state index contributed by atoms with van der Waals surface area (Å²) in [4.78, 5) is 22.0. The van der Waals surface area contributed by atoms with Gasteiger partial charge in [-0.15, -0.1) is 11.3 Å². The number of thiazole rings is 1. The van der Waals surface area contributed by atoms with E-state index in [4.69, 9.17) is 10.2 Å². The van der Waals surface area contributed by atoms with E-state index in [-0.39, 0.29) is 0 Å². The lowest BCUT2D eigenvalue weighted by Gasteiger charge is -2.31. The first-order chi connectivity index (χ1) is 14.6. The van der Waals surface area contributed by atoms with Crippen LogP contribution in [0.25, 0.3) is 0 Å². The highest BCUT2D eigenvalue weighted by molar-refractivity contribution is 7.13. The number of anilines is 3. The first-order valence-corrected chi connectivity index (χ1v) is 10.8. The summed E-state index contributed by atoms with van der Waals surface area (Å²) in [6.45, 7) is 2.97. The lowest BCUT2D eigenvalue weighted by atomic mass is 9.94. The molecule has 4 heterocycles. The maximum atomic E-state index is 8.84. The van der Waals surface area contributed by atoms with Crippen molar-refractivity contribution >= 4 is 28.1 Å². The van der Waals surface area contributed by atoms with E-state index in [1.165, 1.54) is 0 Å². The highest BCUT2D eigenvalue weighted by atomic mass is 32.1. The molecule has 1 aliphatic rings. The van der Waals surface area contributed by atoms with Gasteiger partial charge in [-0.05, 0) is 38.1 Å². The Morgan fingerprint density at radius 1 is 1.17 bits per heavy atom. The molecule has 0 radical (unpaired) electrons. The van der Waals surface area contributed by atoms with Gasteiger partial charge >= 0.3 is 0 Å². The van der Waals surface area contributed by atoms with Gasteiger partial charge in [0.2, 0.25) is 5.95 Å². The number of aromatic nitrogens is 4. The fourth-order valence-electron chi connectivity index (χ4n) is 3.49. The maximum Gasteiger partial charge on any atom is 0.224 e. The summed E-state index contributed by atoms with van der Waals surface area (Å²) in [5, 5.41) is 15.1. The molecule has 1 N–H and O–H groups in total.